The van der Waals surface area contributed by atoms with Crippen molar-refractivity contribution in [1.29, 1.82) is 0 Å². The molecule has 2 N–H and O–H groups in total. The monoisotopic (exact) mass is 291 g/mol. The highest BCUT2D eigenvalue weighted by molar-refractivity contribution is 5.73. The zero-order chi connectivity index (χ0) is 15.0. The van der Waals surface area contributed by atoms with Crippen molar-refractivity contribution < 1.29 is 4.79 Å². The molecule has 3 rings (SSSR count). The van der Waals surface area contributed by atoms with Gasteiger partial charge in [-0.2, -0.15) is 0 Å². The second-order valence-corrected chi connectivity index (χ2v) is 6.08. The summed E-state index contributed by atoms with van der Waals surface area (Å²) >= 11 is 0. The molecule has 1 heterocycles. The summed E-state index contributed by atoms with van der Waals surface area (Å²) in [7, 11) is 0. The van der Waals surface area contributed by atoms with Gasteiger partial charge in [-0.1, -0.05) is 19.3 Å². The van der Waals surface area contributed by atoms with Crippen LogP contribution >= 0.6 is 0 Å². The molecule has 6 heteroatoms. The van der Waals surface area contributed by atoms with Crippen LogP contribution in [-0.4, -0.2) is 15.0 Å². The first-order valence-electron chi connectivity index (χ1n) is 7.75. The number of carbonyl (C=O) groups is 1. The Morgan fingerprint density at radius 1 is 1.10 bits per heavy atom. The van der Waals surface area contributed by atoms with Crippen LogP contribution in [0.4, 0.5) is 0 Å². The van der Waals surface area contributed by atoms with Gasteiger partial charge in [-0.3, -0.25) is 18.7 Å². The summed E-state index contributed by atoms with van der Waals surface area (Å²) in [5.74, 6) is -0.542. The molecule has 1 saturated carbocycles. The fraction of sp³-hybridized carbons (Fsp3) is 0.667. The van der Waals surface area contributed by atoms with Gasteiger partial charge in [0.25, 0.3) is 5.56 Å². The van der Waals surface area contributed by atoms with E-state index in [1.54, 1.807) is 0 Å². The van der Waals surface area contributed by atoms with E-state index in [0.717, 1.165) is 44.2 Å². The Balaban J connectivity index is 2.17. The molecule has 1 amide bonds. The van der Waals surface area contributed by atoms with Gasteiger partial charge in [0, 0.05) is 17.3 Å². The van der Waals surface area contributed by atoms with Crippen LogP contribution in [0.1, 0.15) is 55.8 Å². The highest BCUT2D eigenvalue weighted by Crippen LogP contribution is 2.27. The van der Waals surface area contributed by atoms with Crippen molar-refractivity contribution in [3.63, 3.8) is 0 Å². The largest absolute Gasteiger partial charge is 0.368 e. The van der Waals surface area contributed by atoms with Crippen LogP contribution in [0.25, 0.3) is 0 Å². The van der Waals surface area contributed by atoms with Gasteiger partial charge in [-0.05, 0) is 32.1 Å². The quantitative estimate of drug-likeness (QED) is 0.879. The molecule has 6 nitrogen and oxygen atoms in total. The standard InChI is InChI=1S/C15H21N3O3/c16-13(19)9-17-12-8-4-7-11(12)14(20)18(15(17)21)10-5-2-1-3-6-10/h10H,1-9H2,(H2,16,19). The lowest BCUT2D eigenvalue weighted by atomic mass is 9.95. The minimum absolute atomic E-state index is 0.0243. The molecular formula is C15H21N3O3. The topological polar surface area (TPSA) is 87.1 Å². The maximum absolute atomic E-state index is 12.7. The lowest BCUT2D eigenvalue weighted by Crippen LogP contribution is -2.46. The van der Waals surface area contributed by atoms with Gasteiger partial charge in [0.05, 0.1) is 0 Å². The number of primary amides is 1. The summed E-state index contributed by atoms with van der Waals surface area (Å²) in [5.41, 5.74) is 6.20. The van der Waals surface area contributed by atoms with Gasteiger partial charge in [0.2, 0.25) is 5.91 Å². The number of fused-ring (bicyclic) bond motifs is 1. The molecule has 0 aliphatic heterocycles. The highest BCUT2D eigenvalue weighted by Gasteiger charge is 2.27. The third-order valence-corrected chi connectivity index (χ3v) is 4.68. The van der Waals surface area contributed by atoms with Gasteiger partial charge in [0.1, 0.15) is 6.54 Å². The summed E-state index contributed by atoms with van der Waals surface area (Å²) < 4.78 is 2.83. The molecule has 0 spiro atoms. The van der Waals surface area contributed by atoms with Crippen LogP contribution in [0.3, 0.4) is 0 Å². The first-order valence-corrected chi connectivity index (χ1v) is 7.75. The van der Waals surface area contributed by atoms with E-state index in [-0.39, 0.29) is 23.8 Å². The van der Waals surface area contributed by atoms with E-state index in [4.69, 9.17) is 5.73 Å². The molecule has 0 aromatic carbocycles. The molecule has 2 aliphatic carbocycles. The van der Waals surface area contributed by atoms with Crippen molar-refractivity contribution in [2.24, 2.45) is 5.73 Å². The molecule has 0 bridgehead atoms. The Bertz CT molecular complexity index is 681. The van der Waals surface area contributed by atoms with Crippen LogP contribution in [-0.2, 0) is 24.2 Å². The molecule has 0 saturated heterocycles. The Hall–Kier alpha value is -1.85. The minimum atomic E-state index is -0.542. The van der Waals surface area contributed by atoms with Gasteiger partial charge >= 0.3 is 5.69 Å². The van der Waals surface area contributed by atoms with Crippen molar-refractivity contribution in [2.45, 2.75) is 64.0 Å². The predicted molar refractivity (Wildman–Crippen MR) is 78.3 cm³/mol. The number of nitrogens with zero attached hydrogens (tertiary/aromatic N) is 2. The molecule has 1 aromatic rings. The summed E-state index contributed by atoms with van der Waals surface area (Å²) in [6.45, 7) is -0.131. The van der Waals surface area contributed by atoms with Gasteiger partial charge in [0.15, 0.2) is 0 Å². The predicted octanol–water partition coefficient (Wildman–Crippen LogP) is 0.489. The molecule has 1 aromatic heterocycles. The van der Waals surface area contributed by atoms with Crippen LogP contribution in [0.15, 0.2) is 9.59 Å². The van der Waals surface area contributed by atoms with E-state index >= 15 is 0 Å². The number of aromatic nitrogens is 2. The van der Waals surface area contributed by atoms with Crippen LogP contribution in [0, 0.1) is 0 Å². The molecule has 114 valence electrons. The fourth-order valence-electron chi connectivity index (χ4n) is 3.71. The van der Waals surface area contributed by atoms with Gasteiger partial charge < -0.3 is 5.73 Å². The van der Waals surface area contributed by atoms with E-state index in [2.05, 4.69) is 0 Å². The zero-order valence-corrected chi connectivity index (χ0v) is 12.1. The van der Waals surface area contributed by atoms with Crippen molar-refractivity contribution in [1.82, 2.24) is 9.13 Å². The van der Waals surface area contributed by atoms with Gasteiger partial charge in [-0.25, -0.2) is 4.79 Å². The molecule has 0 unspecified atom stereocenters. The molecule has 0 radical (unpaired) electrons. The number of hydrogen-bond donors (Lipinski definition) is 1. The second kappa shape index (κ2) is 5.50. The maximum atomic E-state index is 12.7. The van der Waals surface area contributed by atoms with E-state index in [1.807, 2.05) is 0 Å². The number of nitrogens with two attached hydrogens (primary N) is 1. The number of hydrogen-bond acceptors (Lipinski definition) is 3. The molecule has 21 heavy (non-hydrogen) atoms. The first kappa shape index (κ1) is 14.1. The third-order valence-electron chi connectivity index (χ3n) is 4.68. The molecule has 2 aliphatic rings. The number of rotatable bonds is 3. The average molecular weight is 291 g/mol. The van der Waals surface area contributed by atoms with Crippen molar-refractivity contribution in [3.05, 3.63) is 32.1 Å². The van der Waals surface area contributed by atoms with E-state index in [9.17, 15) is 14.4 Å². The number of carbonyl (C=O) groups excluding carboxylic acids is 1. The summed E-state index contributed by atoms with van der Waals surface area (Å²) in [4.78, 5) is 36.6. The van der Waals surface area contributed by atoms with E-state index in [0.29, 0.717) is 18.4 Å². The van der Waals surface area contributed by atoms with E-state index in [1.165, 1.54) is 9.13 Å². The summed E-state index contributed by atoms with van der Waals surface area (Å²) in [6.07, 6.45) is 7.21. The summed E-state index contributed by atoms with van der Waals surface area (Å²) in [5, 5.41) is 0. The Kier molecular flexibility index (Phi) is 3.69. The normalized spacial score (nSPS) is 18.7. The lowest BCUT2D eigenvalue weighted by molar-refractivity contribution is -0.118. The SMILES string of the molecule is NC(=O)Cn1c2c(c(=O)n(C3CCCCC3)c1=O)CCC2. The Morgan fingerprint density at radius 2 is 1.81 bits per heavy atom. The zero-order valence-electron chi connectivity index (χ0n) is 12.1. The highest BCUT2D eigenvalue weighted by atomic mass is 16.2. The maximum Gasteiger partial charge on any atom is 0.331 e. The fourth-order valence-corrected chi connectivity index (χ4v) is 3.71. The van der Waals surface area contributed by atoms with Crippen LogP contribution in [0.5, 0.6) is 0 Å². The average Bonchev–Trinajstić information content (AvgIpc) is 2.94. The van der Waals surface area contributed by atoms with Crippen LogP contribution < -0.4 is 17.0 Å². The van der Waals surface area contributed by atoms with Crippen LogP contribution in [0.2, 0.25) is 0 Å². The van der Waals surface area contributed by atoms with Gasteiger partial charge in [-0.15, -0.1) is 0 Å². The Labute approximate surface area is 122 Å². The third kappa shape index (κ3) is 2.43. The Morgan fingerprint density at radius 3 is 2.48 bits per heavy atom. The minimum Gasteiger partial charge on any atom is -0.368 e. The second-order valence-electron chi connectivity index (χ2n) is 6.08. The first-order chi connectivity index (χ1) is 10.1. The lowest BCUT2D eigenvalue weighted by Gasteiger charge is -2.25. The molecule has 1 fully saturated rings. The van der Waals surface area contributed by atoms with Crippen molar-refractivity contribution in [3.8, 4) is 0 Å². The molecule has 0 atom stereocenters. The molecular weight excluding hydrogens is 270 g/mol. The van der Waals surface area contributed by atoms with Crippen molar-refractivity contribution in [2.75, 3.05) is 0 Å². The smallest absolute Gasteiger partial charge is 0.331 e. The van der Waals surface area contributed by atoms with Crippen molar-refractivity contribution >= 4 is 5.91 Å². The number of amides is 1. The van der Waals surface area contributed by atoms with E-state index < -0.39 is 5.91 Å². The summed E-state index contributed by atoms with van der Waals surface area (Å²) in [6, 6.07) is -0.0243.